The first kappa shape index (κ1) is 44.9. The molecule has 0 aromatic rings. The number of nitrogens with one attached hydrogen (secondary N) is 1. The van der Waals surface area contributed by atoms with Gasteiger partial charge in [-0.1, -0.05) is 154 Å². The van der Waals surface area contributed by atoms with Crippen LogP contribution >= 0.6 is 0 Å². The second-order valence-corrected chi connectivity index (χ2v) is 13.8. The molecule has 46 heavy (non-hydrogen) atoms. The molecule has 1 unspecified atom stereocenters. The zero-order valence-corrected chi connectivity index (χ0v) is 31.4. The van der Waals surface area contributed by atoms with Gasteiger partial charge >= 0.3 is 6.09 Å². The summed E-state index contributed by atoms with van der Waals surface area (Å²) < 4.78 is 17.3. The summed E-state index contributed by atoms with van der Waals surface area (Å²) >= 11 is 0. The fraction of sp³-hybridized carbons (Fsp3) is 0.925. The summed E-state index contributed by atoms with van der Waals surface area (Å²) in [6.07, 6.45) is 38.7. The van der Waals surface area contributed by atoms with Crippen LogP contribution in [-0.2, 0) is 14.2 Å². The summed E-state index contributed by atoms with van der Waals surface area (Å²) in [7, 11) is 3.94. The van der Waals surface area contributed by atoms with E-state index < -0.39 is 0 Å². The van der Waals surface area contributed by atoms with Crippen LogP contribution in [0.25, 0.3) is 0 Å². The Balaban J connectivity index is 3.88. The third-order valence-corrected chi connectivity index (χ3v) is 8.67. The van der Waals surface area contributed by atoms with Gasteiger partial charge in [-0.15, -0.1) is 0 Å². The molecule has 0 rings (SSSR count). The summed E-state index contributed by atoms with van der Waals surface area (Å²) in [5, 5.41) is 2.96. The van der Waals surface area contributed by atoms with E-state index >= 15 is 0 Å². The highest BCUT2D eigenvalue weighted by Gasteiger charge is 2.14. The van der Waals surface area contributed by atoms with Gasteiger partial charge < -0.3 is 24.4 Å². The number of rotatable bonds is 37. The molecular weight excluding hydrogens is 572 g/mol. The van der Waals surface area contributed by atoms with Gasteiger partial charge in [-0.2, -0.15) is 0 Å². The lowest BCUT2D eigenvalue weighted by Gasteiger charge is -2.19. The number of nitrogens with zero attached hydrogens (tertiary/aromatic N) is 1. The third kappa shape index (κ3) is 37.3. The molecule has 0 aromatic heterocycles. The van der Waals surface area contributed by atoms with Gasteiger partial charge in [0.2, 0.25) is 0 Å². The summed E-state index contributed by atoms with van der Waals surface area (Å²) in [6.45, 7) is 8.04. The maximum Gasteiger partial charge on any atom is 0.407 e. The highest BCUT2D eigenvalue weighted by molar-refractivity contribution is 5.67. The maximum absolute atomic E-state index is 12.3. The predicted octanol–water partition coefficient (Wildman–Crippen LogP) is 11.4. The Bertz CT molecular complexity index is 628. The van der Waals surface area contributed by atoms with Crippen LogP contribution in [0.15, 0.2) is 12.2 Å². The van der Waals surface area contributed by atoms with Crippen molar-refractivity contribution in [2.45, 2.75) is 187 Å². The van der Waals surface area contributed by atoms with E-state index in [0.29, 0.717) is 26.4 Å². The maximum atomic E-state index is 12.3. The Hall–Kier alpha value is -1.11. The molecular formula is C40H80N2O4. The average molecular weight is 653 g/mol. The summed E-state index contributed by atoms with van der Waals surface area (Å²) in [5.41, 5.74) is 0. The molecule has 0 aliphatic rings. The lowest BCUT2D eigenvalue weighted by molar-refractivity contribution is 0.0487. The fourth-order valence-electron chi connectivity index (χ4n) is 5.61. The number of amides is 1. The largest absolute Gasteiger partial charge is 0.448 e. The quantitative estimate of drug-likeness (QED) is 0.0534. The van der Waals surface area contributed by atoms with Crippen molar-refractivity contribution in [2.75, 3.05) is 53.7 Å². The minimum Gasteiger partial charge on any atom is -0.448 e. The van der Waals surface area contributed by atoms with Crippen LogP contribution in [0.3, 0.4) is 0 Å². The molecule has 0 aromatic carbocycles. The van der Waals surface area contributed by atoms with Crippen LogP contribution in [0.1, 0.15) is 181 Å². The van der Waals surface area contributed by atoms with Crippen molar-refractivity contribution < 1.29 is 19.0 Å². The SMILES string of the molecule is CCCCCCCCC=CCCCCCCCCOCC(COCCCCCCCCCCCCCC)NC(=O)OCCN(C)C. The fourth-order valence-corrected chi connectivity index (χ4v) is 5.61. The van der Waals surface area contributed by atoms with E-state index in [1.165, 1.54) is 154 Å². The van der Waals surface area contributed by atoms with Crippen LogP contribution in [0, 0.1) is 0 Å². The van der Waals surface area contributed by atoms with E-state index in [2.05, 4.69) is 31.3 Å². The van der Waals surface area contributed by atoms with Crippen LogP contribution in [0.5, 0.6) is 0 Å². The molecule has 0 aliphatic heterocycles. The Morgan fingerprint density at radius 3 is 1.30 bits per heavy atom. The molecule has 1 atom stereocenters. The van der Waals surface area contributed by atoms with E-state index in [1.54, 1.807) is 0 Å². The van der Waals surface area contributed by atoms with Crippen molar-refractivity contribution in [3.63, 3.8) is 0 Å². The monoisotopic (exact) mass is 653 g/mol. The predicted molar refractivity (Wildman–Crippen MR) is 199 cm³/mol. The van der Waals surface area contributed by atoms with Crippen molar-refractivity contribution in [1.29, 1.82) is 0 Å². The van der Waals surface area contributed by atoms with E-state index in [1.807, 2.05) is 19.0 Å². The Kier molecular flexibility index (Phi) is 37.4. The zero-order chi connectivity index (χ0) is 33.6. The molecule has 0 spiro atoms. The van der Waals surface area contributed by atoms with Crippen LogP contribution in [0.2, 0.25) is 0 Å². The normalized spacial score (nSPS) is 12.4. The van der Waals surface area contributed by atoms with Gasteiger partial charge in [0.05, 0.1) is 19.3 Å². The van der Waals surface area contributed by atoms with Gasteiger partial charge in [-0.05, 0) is 52.6 Å². The molecule has 1 amide bonds. The number of allylic oxidation sites excluding steroid dienone is 2. The van der Waals surface area contributed by atoms with Crippen molar-refractivity contribution >= 4 is 6.09 Å². The van der Waals surface area contributed by atoms with Crippen molar-refractivity contribution in [2.24, 2.45) is 0 Å². The molecule has 6 nitrogen and oxygen atoms in total. The summed E-state index contributed by atoms with van der Waals surface area (Å²) in [4.78, 5) is 14.3. The lowest BCUT2D eigenvalue weighted by atomic mass is 10.1. The number of unbranched alkanes of at least 4 members (excludes halogenated alkanes) is 23. The van der Waals surface area contributed by atoms with Gasteiger partial charge in [-0.3, -0.25) is 0 Å². The van der Waals surface area contributed by atoms with Crippen LogP contribution in [-0.4, -0.2) is 70.7 Å². The van der Waals surface area contributed by atoms with Crippen molar-refractivity contribution in [3.8, 4) is 0 Å². The van der Waals surface area contributed by atoms with Crippen LogP contribution in [0.4, 0.5) is 4.79 Å². The van der Waals surface area contributed by atoms with Gasteiger partial charge in [0.15, 0.2) is 0 Å². The molecule has 0 heterocycles. The Morgan fingerprint density at radius 1 is 0.543 bits per heavy atom. The standard InChI is InChI=1S/C40H80N2O4/c1-5-7-9-11-13-15-17-19-20-21-22-24-26-28-30-32-35-45-38-39(41-40(43)46-36-33-42(3)4)37-44-34-31-29-27-25-23-18-16-14-12-10-8-6-2/h19-20,39H,5-18,21-38H2,1-4H3,(H,41,43). The Morgan fingerprint density at radius 2 is 0.913 bits per heavy atom. The molecule has 0 radical (unpaired) electrons. The molecule has 0 bridgehead atoms. The molecule has 0 saturated heterocycles. The second-order valence-electron chi connectivity index (χ2n) is 13.8. The van der Waals surface area contributed by atoms with Crippen LogP contribution < -0.4 is 5.32 Å². The first-order valence-corrected chi connectivity index (χ1v) is 20.0. The summed E-state index contributed by atoms with van der Waals surface area (Å²) in [5.74, 6) is 0. The topological polar surface area (TPSA) is 60.0 Å². The van der Waals surface area contributed by atoms with Gasteiger partial charge in [0.25, 0.3) is 0 Å². The molecule has 1 N–H and O–H groups in total. The minimum absolute atomic E-state index is 0.182. The lowest BCUT2D eigenvalue weighted by Crippen LogP contribution is -2.42. The van der Waals surface area contributed by atoms with E-state index in [4.69, 9.17) is 14.2 Å². The van der Waals surface area contributed by atoms with Crippen molar-refractivity contribution in [1.82, 2.24) is 10.2 Å². The smallest absolute Gasteiger partial charge is 0.407 e. The molecule has 0 fully saturated rings. The summed E-state index contributed by atoms with van der Waals surface area (Å²) in [6, 6.07) is -0.182. The number of alkyl carbamates (subject to hydrolysis) is 1. The highest BCUT2D eigenvalue weighted by Crippen LogP contribution is 2.13. The van der Waals surface area contributed by atoms with E-state index in [0.717, 1.165) is 26.1 Å². The van der Waals surface area contributed by atoms with Gasteiger partial charge in [0.1, 0.15) is 6.61 Å². The first-order valence-electron chi connectivity index (χ1n) is 20.0. The number of likely N-dealkylation sites (N-methyl/N-ethyl adjacent to an activating group) is 1. The number of carbonyl (C=O) groups is 1. The molecule has 6 heteroatoms. The average Bonchev–Trinajstić information content (AvgIpc) is 3.04. The molecule has 274 valence electrons. The zero-order valence-electron chi connectivity index (χ0n) is 31.4. The van der Waals surface area contributed by atoms with Gasteiger partial charge in [-0.25, -0.2) is 4.79 Å². The highest BCUT2D eigenvalue weighted by atomic mass is 16.6. The number of hydrogen-bond acceptors (Lipinski definition) is 5. The minimum atomic E-state index is -0.387. The number of hydrogen-bond donors (Lipinski definition) is 1. The Labute approximate surface area is 287 Å². The van der Waals surface area contributed by atoms with E-state index in [-0.39, 0.29) is 12.1 Å². The second kappa shape index (κ2) is 38.3. The van der Waals surface area contributed by atoms with Gasteiger partial charge in [0, 0.05) is 19.8 Å². The van der Waals surface area contributed by atoms with E-state index in [9.17, 15) is 4.79 Å². The van der Waals surface area contributed by atoms with Crippen molar-refractivity contribution in [3.05, 3.63) is 12.2 Å². The molecule has 0 saturated carbocycles. The molecule has 0 aliphatic carbocycles. The number of carbonyl (C=O) groups excluding carboxylic acids is 1. The third-order valence-electron chi connectivity index (χ3n) is 8.67. The first-order chi connectivity index (χ1) is 22.6. The number of ether oxygens (including phenoxy) is 3.